The van der Waals surface area contributed by atoms with Crippen molar-refractivity contribution in [2.45, 2.75) is 12.8 Å². The van der Waals surface area contributed by atoms with Crippen LogP contribution in [0.4, 0.5) is 5.69 Å². The van der Waals surface area contributed by atoms with Gasteiger partial charge in [0.2, 0.25) is 11.8 Å². The van der Waals surface area contributed by atoms with Crippen molar-refractivity contribution < 1.29 is 9.59 Å². The molecule has 1 saturated heterocycles. The van der Waals surface area contributed by atoms with E-state index in [0.29, 0.717) is 22.3 Å². The van der Waals surface area contributed by atoms with Crippen molar-refractivity contribution in [3.8, 4) is 0 Å². The van der Waals surface area contributed by atoms with Crippen LogP contribution in [0.3, 0.4) is 0 Å². The molecular formula is C14H17Cl2N3O2. The average Bonchev–Trinajstić information content (AvgIpc) is 2.43. The summed E-state index contributed by atoms with van der Waals surface area (Å²) in [5.74, 6) is -0.708. The summed E-state index contributed by atoms with van der Waals surface area (Å²) in [6.45, 7) is 1.47. The number of amides is 2. The molecule has 1 heterocycles. The van der Waals surface area contributed by atoms with E-state index in [-0.39, 0.29) is 24.3 Å². The van der Waals surface area contributed by atoms with E-state index in [1.807, 2.05) is 4.90 Å². The number of rotatable bonds is 4. The summed E-state index contributed by atoms with van der Waals surface area (Å²) in [4.78, 5) is 25.2. The smallest absolute Gasteiger partial charge is 0.238 e. The summed E-state index contributed by atoms with van der Waals surface area (Å²) in [5.41, 5.74) is 5.73. The van der Waals surface area contributed by atoms with Crippen LogP contribution >= 0.6 is 23.2 Å². The van der Waals surface area contributed by atoms with Crippen LogP contribution in [0.5, 0.6) is 0 Å². The molecule has 1 aromatic rings. The third kappa shape index (κ3) is 4.33. The van der Waals surface area contributed by atoms with Crippen LogP contribution in [-0.2, 0) is 9.59 Å². The maximum atomic E-state index is 12.1. The first kappa shape index (κ1) is 16.1. The lowest BCUT2D eigenvalue weighted by Crippen LogP contribution is -2.44. The van der Waals surface area contributed by atoms with Gasteiger partial charge in [0.1, 0.15) is 0 Å². The van der Waals surface area contributed by atoms with E-state index >= 15 is 0 Å². The molecule has 1 aromatic carbocycles. The Balaban J connectivity index is 1.94. The lowest BCUT2D eigenvalue weighted by molar-refractivity contribution is -0.125. The monoisotopic (exact) mass is 329 g/mol. The van der Waals surface area contributed by atoms with Crippen molar-refractivity contribution in [3.05, 3.63) is 28.2 Å². The summed E-state index contributed by atoms with van der Waals surface area (Å²) >= 11 is 12.0. The van der Waals surface area contributed by atoms with E-state index < -0.39 is 0 Å². The molecule has 114 valence electrons. The van der Waals surface area contributed by atoms with Gasteiger partial charge >= 0.3 is 0 Å². The number of piperidine rings is 1. The summed E-state index contributed by atoms with van der Waals surface area (Å²) in [6.07, 6.45) is 1.64. The van der Waals surface area contributed by atoms with Crippen LogP contribution < -0.4 is 11.1 Å². The number of hydrogen-bond acceptors (Lipinski definition) is 3. The molecule has 3 N–H and O–H groups in total. The van der Waals surface area contributed by atoms with E-state index in [2.05, 4.69) is 5.32 Å². The van der Waals surface area contributed by atoms with Gasteiger partial charge in [-0.3, -0.25) is 14.5 Å². The summed E-state index contributed by atoms with van der Waals surface area (Å²) in [5, 5.41) is 3.50. The molecule has 7 heteroatoms. The number of hydrogen-bond donors (Lipinski definition) is 2. The van der Waals surface area contributed by atoms with Crippen LogP contribution in [0.2, 0.25) is 10.0 Å². The van der Waals surface area contributed by atoms with Gasteiger partial charge in [-0.15, -0.1) is 0 Å². The fraction of sp³-hybridized carbons (Fsp3) is 0.429. The Bertz CT molecular complexity index is 531. The topological polar surface area (TPSA) is 75.4 Å². The van der Waals surface area contributed by atoms with Gasteiger partial charge in [-0.05, 0) is 31.5 Å². The first-order chi connectivity index (χ1) is 9.97. The van der Waals surface area contributed by atoms with Gasteiger partial charge in [-0.25, -0.2) is 0 Å². The predicted octanol–water partition coefficient (Wildman–Crippen LogP) is 2.13. The van der Waals surface area contributed by atoms with E-state index in [4.69, 9.17) is 28.9 Å². The van der Waals surface area contributed by atoms with E-state index in [9.17, 15) is 9.59 Å². The number of likely N-dealkylation sites (tertiary alicyclic amines) is 1. The second-order valence-electron chi connectivity index (χ2n) is 5.12. The molecule has 21 heavy (non-hydrogen) atoms. The van der Waals surface area contributed by atoms with Crippen LogP contribution in [0.15, 0.2) is 18.2 Å². The second-order valence-corrected chi connectivity index (χ2v) is 5.94. The van der Waals surface area contributed by atoms with E-state index in [0.717, 1.165) is 19.4 Å². The Hall–Kier alpha value is -1.30. The zero-order valence-electron chi connectivity index (χ0n) is 11.4. The van der Waals surface area contributed by atoms with E-state index in [1.165, 1.54) is 0 Å². The molecule has 1 atom stereocenters. The Morgan fingerprint density at radius 2 is 2.00 bits per heavy atom. The van der Waals surface area contributed by atoms with Gasteiger partial charge in [0.25, 0.3) is 0 Å². The van der Waals surface area contributed by atoms with Gasteiger partial charge in [0, 0.05) is 6.54 Å². The number of halogens is 2. The van der Waals surface area contributed by atoms with Gasteiger partial charge < -0.3 is 11.1 Å². The van der Waals surface area contributed by atoms with Gasteiger partial charge in [-0.1, -0.05) is 29.3 Å². The number of primary amides is 1. The molecule has 1 aliphatic heterocycles. The number of nitrogens with one attached hydrogen (secondary N) is 1. The third-order valence-corrected chi connectivity index (χ3v) is 4.13. The first-order valence-corrected chi connectivity index (χ1v) is 7.48. The summed E-state index contributed by atoms with van der Waals surface area (Å²) in [6, 6.07) is 5.03. The maximum Gasteiger partial charge on any atom is 0.238 e. The minimum atomic E-state index is -0.311. The van der Waals surface area contributed by atoms with Crippen molar-refractivity contribution in [2.75, 3.05) is 25.0 Å². The first-order valence-electron chi connectivity index (χ1n) is 6.73. The molecule has 1 fully saturated rings. The summed E-state index contributed by atoms with van der Waals surface area (Å²) in [7, 11) is 0. The molecule has 0 bridgehead atoms. The number of anilines is 1. The number of nitrogens with two attached hydrogens (primary N) is 1. The number of benzene rings is 1. The lowest BCUT2D eigenvalue weighted by Gasteiger charge is -2.30. The molecule has 5 nitrogen and oxygen atoms in total. The number of carbonyl (C=O) groups is 2. The largest absolute Gasteiger partial charge is 0.369 e. The minimum absolute atomic E-state index is 0.185. The number of para-hydroxylation sites is 1. The number of carbonyl (C=O) groups excluding carboxylic acids is 2. The van der Waals surface area contributed by atoms with Crippen LogP contribution in [-0.4, -0.2) is 36.3 Å². The lowest BCUT2D eigenvalue weighted by atomic mass is 9.97. The Labute approximate surface area is 133 Å². The normalized spacial score (nSPS) is 19.2. The summed E-state index contributed by atoms with van der Waals surface area (Å²) < 4.78 is 0. The molecular weight excluding hydrogens is 313 g/mol. The molecule has 0 spiro atoms. The Morgan fingerprint density at radius 3 is 2.62 bits per heavy atom. The highest BCUT2D eigenvalue weighted by Gasteiger charge is 2.25. The molecule has 0 radical (unpaired) electrons. The van der Waals surface area contributed by atoms with Crippen LogP contribution in [0, 0.1) is 5.92 Å². The quantitative estimate of drug-likeness (QED) is 0.888. The average molecular weight is 330 g/mol. The van der Waals surface area contributed by atoms with Crippen LogP contribution in [0.25, 0.3) is 0 Å². The molecule has 0 saturated carbocycles. The van der Waals surface area contributed by atoms with E-state index in [1.54, 1.807) is 18.2 Å². The molecule has 1 aliphatic rings. The Morgan fingerprint density at radius 1 is 1.33 bits per heavy atom. The standard InChI is InChI=1S/C14H17Cl2N3O2/c15-10-4-1-5-11(16)13(10)18-12(20)8-19-6-2-3-9(7-19)14(17)21/h1,4-5,9H,2-3,6-8H2,(H2,17,21)(H,18,20). The predicted molar refractivity (Wildman–Crippen MR) is 83.5 cm³/mol. The molecule has 0 aliphatic carbocycles. The van der Waals surface area contributed by atoms with Crippen LogP contribution in [0.1, 0.15) is 12.8 Å². The number of nitrogens with zero attached hydrogens (tertiary/aromatic N) is 1. The minimum Gasteiger partial charge on any atom is -0.369 e. The van der Waals surface area contributed by atoms with Crippen molar-refractivity contribution in [1.82, 2.24) is 4.90 Å². The van der Waals surface area contributed by atoms with Gasteiger partial charge in [0.15, 0.2) is 0 Å². The Kier molecular flexibility index (Phi) is 5.45. The molecule has 2 amide bonds. The molecule has 1 unspecified atom stereocenters. The second kappa shape index (κ2) is 7.11. The molecule has 2 rings (SSSR count). The third-order valence-electron chi connectivity index (χ3n) is 3.50. The highest BCUT2D eigenvalue weighted by atomic mass is 35.5. The zero-order chi connectivity index (χ0) is 15.4. The zero-order valence-corrected chi connectivity index (χ0v) is 13.0. The van der Waals surface area contributed by atoms with Crippen molar-refractivity contribution >= 4 is 40.7 Å². The van der Waals surface area contributed by atoms with Crippen molar-refractivity contribution in [1.29, 1.82) is 0 Å². The van der Waals surface area contributed by atoms with Gasteiger partial charge in [-0.2, -0.15) is 0 Å². The fourth-order valence-corrected chi connectivity index (χ4v) is 2.92. The fourth-order valence-electron chi connectivity index (χ4n) is 2.43. The highest BCUT2D eigenvalue weighted by Crippen LogP contribution is 2.29. The van der Waals surface area contributed by atoms with Crippen molar-refractivity contribution in [3.63, 3.8) is 0 Å². The highest BCUT2D eigenvalue weighted by molar-refractivity contribution is 6.39. The van der Waals surface area contributed by atoms with Crippen molar-refractivity contribution in [2.24, 2.45) is 11.7 Å². The maximum absolute atomic E-state index is 12.1. The van der Waals surface area contributed by atoms with Gasteiger partial charge in [0.05, 0.1) is 28.2 Å². The SMILES string of the molecule is NC(=O)C1CCCN(CC(=O)Nc2c(Cl)cccc2Cl)C1. The molecule has 0 aromatic heterocycles.